The first kappa shape index (κ1) is 15.8. The first-order valence-corrected chi connectivity index (χ1v) is 7.71. The third kappa shape index (κ3) is 4.11. The van der Waals surface area contributed by atoms with Crippen LogP contribution in [0.25, 0.3) is 0 Å². The summed E-state index contributed by atoms with van der Waals surface area (Å²) >= 11 is 5.85. The Bertz CT molecular complexity index is 565. The molecule has 19 heavy (non-hydrogen) atoms. The molecule has 0 aliphatic carbocycles. The third-order valence-corrected chi connectivity index (χ3v) is 5.00. The van der Waals surface area contributed by atoms with Crippen LogP contribution in [0.15, 0.2) is 18.2 Å². The smallest absolute Gasteiger partial charge is 0.339 e. The molecule has 0 heterocycles. The van der Waals surface area contributed by atoms with E-state index in [9.17, 15) is 13.2 Å². The molecule has 0 spiro atoms. The summed E-state index contributed by atoms with van der Waals surface area (Å²) in [6, 6.07) is 4.32. The van der Waals surface area contributed by atoms with Gasteiger partial charge in [-0.2, -0.15) is 0 Å². The molecule has 0 saturated heterocycles. The quantitative estimate of drug-likeness (QED) is 0.871. The molecule has 7 heteroatoms. The van der Waals surface area contributed by atoms with E-state index in [1.54, 1.807) is 13.8 Å². The Labute approximate surface area is 117 Å². The zero-order valence-corrected chi connectivity index (χ0v) is 12.2. The van der Waals surface area contributed by atoms with Gasteiger partial charge in [0.1, 0.15) is 12.2 Å². The van der Waals surface area contributed by atoms with Crippen molar-refractivity contribution in [3.63, 3.8) is 0 Å². The lowest BCUT2D eigenvalue weighted by Gasteiger charge is -2.12. The molecule has 1 aromatic carbocycles. The average molecular weight is 307 g/mol. The number of hydrogen-bond acceptors (Lipinski definition) is 4. The van der Waals surface area contributed by atoms with Crippen molar-refractivity contribution in [2.45, 2.75) is 19.1 Å². The zero-order chi connectivity index (χ0) is 14.6. The molecule has 0 aliphatic rings. The first-order chi connectivity index (χ1) is 8.75. The molecule has 0 radical (unpaired) electrons. The van der Waals surface area contributed by atoms with Gasteiger partial charge in [0.2, 0.25) is 0 Å². The van der Waals surface area contributed by atoms with Crippen molar-refractivity contribution in [3.8, 4) is 5.75 Å². The predicted octanol–water partition coefficient (Wildman–Crippen LogP) is 2.24. The number of carboxylic acids is 1. The van der Waals surface area contributed by atoms with Gasteiger partial charge in [0.25, 0.3) is 0 Å². The van der Waals surface area contributed by atoms with Crippen LogP contribution in [0.4, 0.5) is 0 Å². The fraction of sp³-hybridized carbons (Fsp3) is 0.417. The number of carboxylic acid groups (broad SMARTS) is 1. The highest BCUT2D eigenvalue weighted by atomic mass is 35.5. The molecule has 1 aromatic rings. The maximum absolute atomic E-state index is 11.6. The van der Waals surface area contributed by atoms with E-state index >= 15 is 0 Å². The number of sulfone groups is 1. The standard InChI is InChI=1S/C12H15ClO5S/c1-8(2)19(16,17)7-6-18-11-9(12(14)15)4-3-5-10(11)13/h3-5,8H,6-7H2,1-2H3,(H,14,15). The van der Waals surface area contributed by atoms with E-state index in [1.807, 2.05) is 0 Å². The Morgan fingerprint density at radius 1 is 1.42 bits per heavy atom. The van der Waals surface area contributed by atoms with E-state index in [0.29, 0.717) is 0 Å². The molecule has 0 unspecified atom stereocenters. The molecule has 1 N–H and O–H groups in total. The highest BCUT2D eigenvalue weighted by Crippen LogP contribution is 2.28. The van der Waals surface area contributed by atoms with Crippen LogP contribution in [0.1, 0.15) is 24.2 Å². The average Bonchev–Trinajstić information content (AvgIpc) is 2.30. The molecule has 0 saturated carbocycles. The summed E-state index contributed by atoms with van der Waals surface area (Å²) in [5, 5.41) is 8.62. The van der Waals surface area contributed by atoms with Gasteiger partial charge in [0.05, 0.1) is 16.0 Å². The lowest BCUT2D eigenvalue weighted by atomic mass is 10.2. The number of ether oxygens (including phenoxy) is 1. The third-order valence-electron chi connectivity index (χ3n) is 2.53. The van der Waals surface area contributed by atoms with Crippen molar-refractivity contribution in [2.24, 2.45) is 0 Å². The van der Waals surface area contributed by atoms with E-state index in [-0.39, 0.29) is 28.7 Å². The SMILES string of the molecule is CC(C)S(=O)(=O)CCOc1c(Cl)cccc1C(=O)O. The highest BCUT2D eigenvalue weighted by Gasteiger charge is 2.18. The van der Waals surface area contributed by atoms with Gasteiger partial charge in [-0.3, -0.25) is 0 Å². The molecule has 0 fully saturated rings. The molecule has 106 valence electrons. The molecule has 1 rings (SSSR count). The summed E-state index contributed by atoms with van der Waals surface area (Å²) in [6.45, 7) is 3.02. The van der Waals surface area contributed by atoms with Gasteiger partial charge in [0.15, 0.2) is 15.6 Å². The fourth-order valence-corrected chi connectivity index (χ4v) is 2.34. The van der Waals surface area contributed by atoms with Crippen molar-refractivity contribution in [3.05, 3.63) is 28.8 Å². The summed E-state index contributed by atoms with van der Waals surface area (Å²) < 4.78 is 28.4. The van der Waals surface area contributed by atoms with Gasteiger partial charge in [-0.1, -0.05) is 17.7 Å². The Morgan fingerprint density at radius 3 is 2.58 bits per heavy atom. The second-order valence-corrected chi connectivity index (χ2v) is 7.27. The zero-order valence-electron chi connectivity index (χ0n) is 10.6. The van der Waals surface area contributed by atoms with Crippen molar-refractivity contribution in [1.29, 1.82) is 0 Å². The lowest BCUT2D eigenvalue weighted by Crippen LogP contribution is -2.22. The maximum atomic E-state index is 11.6. The number of benzene rings is 1. The Balaban J connectivity index is 2.82. The largest absolute Gasteiger partial charge is 0.490 e. The van der Waals surface area contributed by atoms with Gasteiger partial charge in [-0.15, -0.1) is 0 Å². The van der Waals surface area contributed by atoms with Crippen molar-refractivity contribution >= 4 is 27.4 Å². The second-order valence-electron chi connectivity index (χ2n) is 4.19. The molecular weight excluding hydrogens is 292 g/mol. The number of para-hydroxylation sites is 1. The van der Waals surface area contributed by atoms with Crippen LogP contribution >= 0.6 is 11.6 Å². The van der Waals surface area contributed by atoms with Gasteiger partial charge < -0.3 is 9.84 Å². The van der Waals surface area contributed by atoms with Crippen LogP contribution in [-0.2, 0) is 9.84 Å². The normalized spacial score (nSPS) is 11.6. The fourth-order valence-electron chi connectivity index (χ4n) is 1.32. The van der Waals surface area contributed by atoms with Crippen molar-refractivity contribution in [1.82, 2.24) is 0 Å². The van der Waals surface area contributed by atoms with Crippen molar-refractivity contribution in [2.75, 3.05) is 12.4 Å². The lowest BCUT2D eigenvalue weighted by molar-refractivity contribution is 0.0692. The minimum absolute atomic E-state index is 0.00405. The minimum Gasteiger partial charge on any atom is -0.490 e. The van der Waals surface area contributed by atoms with Crippen LogP contribution in [0.5, 0.6) is 5.75 Å². The van der Waals surface area contributed by atoms with Crippen LogP contribution in [0.2, 0.25) is 5.02 Å². The van der Waals surface area contributed by atoms with Gasteiger partial charge in [-0.25, -0.2) is 13.2 Å². The first-order valence-electron chi connectivity index (χ1n) is 5.62. The monoisotopic (exact) mass is 306 g/mol. The van der Waals surface area contributed by atoms with E-state index in [4.69, 9.17) is 21.4 Å². The van der Waals surface area contributed by atoms with Crippen LogP contribution < -0.4 is 4.74 Å². The highest BCUT2D eigenvalue weighted by molar-refractivity contribution is 7.91. The summed E-state index contributed by atoms with van der Waals surface area (Å²) in [7, 11) is -3.23. The molecule has 5 nitrogen and oxygen atoms in total. The molecule has 0 amide bonds. The van der Waals surface area contributed by atoms with Gasteiger partial charge in [-0.05, 0) is 26.0 Å². The molecule has 0 bridgehead atoms. The van der Waals surface area contributed by atoms with E-state index in [0.717, 1.165) is 0 Å². The van der Waals surface area contributed by atoms with E-state index in [2.05, 4.69) is 0 Å². The predicted molar refractivity (Wildman–Crippen MR) is 72.8 cm³/mol. The minimum atomic E-state index is -3.23. The second kappa shape index (κ2) is 6.25. The Kier molecular flexibility index (Phi) is 5.20. The maximum Gasteiger partial charge on any atom is 0.339 e. The molecule has 0 aromatic heterocycles. The number of rotatable bonds is 6. The van der Waals surface area contributed by atoms with Crippen LogP contribution in [0.3, 0.4) is 0 Å². The number of aromatic carboxylic acids is 1. The Morgan fingerprint density at radius 2 is 2.05 bits per heavy atom. The molecule has 0 atom stereocenters. The van der Waals surface area contributed by atoms with Crippen molar-refractivity contribution < 1.29 is 23.1 Å². The summed E-state index contributed by atoms with van der Waals surface area (Å²) in [5.74, 6) is -1.37. The van der Waals surface area contributed by atoms with Gasteiger partial charge >= 0.3 is 5.97 Å². The molecular formula is C12H15ClO5S. The van der Waals surface area contributed by atoms with Crippen LogP contribution in [-0.4, -0.2) is 37.1 Å². The van der Waals surface area contributed by atoms with E-state index in [1.165, 1.54) is 18.2 Å². The number of halogens is 1. The summed E-state index contributed by atoms with van der Waals surface area (Å²) in [5.41, 5.74) is -0.0885. The number of carbonyl (C=O) groups is 1. The summed E-state index contributed by atoms with van der Waals surface area (Å²) in [6.07, 6.45) is 0. The Hall–Kier alpha value is -1.27. The molecule has 0 aliphatic heterocycles. The van der Waals surface area contributed by atoms with E-state index < -0.39 is 21.1 Å². The summed E-state index contributed by atoms with van der Waals surface area (Å²) in [4.78, 5) is 11.0. The van der Waals surface area contributed by atoms with Gasteiger partial charge in [0, 0.05) is 0 Å². The number of hydrogen-bond donors (Lipinski definition) is 1. The van der Waals surface area contributed by atoms with Crippen LogP contribution in [0, 0.1) is 0 Å². The topological polar surface area (TPSA) is 80.7 Å².